The minimum Gasteiger partial charge on any atom is -0.394 e. The van der Waals surface area contributed by atoms with Crippen LogP contribution in [0.5, 0.6) is 0 Å². The van der Waals surface area contributed by atoms with Crippen molar-refractivity contribution in [1.29, 1.82) is 0 Å². The number of carbonyl (C=O) groups is 1. The quantitative estimate of drug-likeness (QED) is 0.484. The van der Waals surface area contributed by atoms with E-state index in [1.165, 1.54) is 11.8 Å². The number of nitrogens with one attached hydrogen (secondary N) is 1. The van der Waals surface area contributed by atoms with E-state index in [1.54, 1.807) is 6.08 Å². The first-order valence-corrected chi connectivity index (χ1v) is 5.10. The van der Waals surface area contributed by atoms with Gasteiger partial charge >= 0.3 is 0 Å². The summed E-state index contributed by atoms with van der Waals surface area (Å²) < 4.78 is 0. The van der Waals surface area contributed by atoms with Crippen molar-refractivity contribution in [2.45, 2.75) is 6.10 Å². The van der Waals surface area contributed by atoms with Gasteiger partial charge in [0.1, 0.15) is 0 Å². The van der Waals surface area contributed by atoms with Gasteiger partial charge in [-0.2, -0.15) is 0 Å². The number of rotatable bonds is 7. The molecule has 4 nitrogen and oxygen atoms in total. The summed E-state index contributed by atoms with van der Waals surface area (Å²) in [6.45, 7) is 3.66. The summed E-state index contributed by atoms with van der Waals surface area (Å²) in [7, 11) is 0. The molecule has 0 aromatic carbocycles. The van der Waals surface area contributed by atoms with Gasteiger partial charge in [0, 0.05) is 12.3 Å². The molecule has 0 heterocycles. The molecule has 0 aromatic rings. The smallest absolute Gasteiger partial charge is 0.230 e. The van der Waals surface area contributed by atoms with E-state index in [9.17, 15) is 4.79 Å². The molecule has 0 fully saturated rings. The van der Waals surface area contributed by atoms with Crippen LogP contribution < -0.4 is 5.32 Å². The van der Waals surface area contributed by atoms with Crippen molar-refractivity contribution in [1.82, 2.24) is 5.32 Å². The number of carbonyl (C=O) groups excluding carboxylic acids is 1. The van der Waals surface area contributed by atoms with Crippen LogP contribution in [0.3, 0.4) is 0 Å². The Hall–Kier alpha value is -0.520. The minimum absolute atomic E-state index is 0.0879. The van der Waals surface area contributed by atoms with Crippen LogP contribution in [0.4, 0.5) is 0 Å². The normalized spacial score (nSPS) is 12.2. The third-order valence-corrected chi connectivity index (χ3v) is 2.28. The molecule has 0 radical (unpaired) electrons. The number of hydrogen-bond acceptors (Lipinski definition) is 4. The summed E-state index contributed by atoms with van der Waals surface area (Å²) in [6, 6.07) is 0. The van der Waals surface area contributed by atoms with E-state index < -0.39 is 6.10 Å². The minimum atomic E-state index is -0.739. The topological polar surface area (TPSA) is 69.6 Å². The Morgan fingerprint density at radius 3 is 2.92 bits per heavy atom. The third kappa shape index (κ3) is 7.83. The highest BCUT2D eigenvalue weighted by atomic mass is 32.2. The summed E-state index contributed by atoms with van der Waals surface area (Å²) in [5.41, 5.74) is 0. The number of hydrogen-bond donors (Lipinski definition) is 3. The molecule has 1 atom stereocenters. The molecule has 0 rings (SSSR count). The summed E-state index contributed by atoms with van der Waals surface area (Å²) in [6.07, 6.45) is 0.864. The fourth-order valence-corrected chi connectivity index (χ4v) is 1.36. The molecular weight excluding hydrogens is 190 g/mol. The molecule has 0 aromatic heterocycles. The Morgan fingerprint density at radius 1 is 1.69 bits per heavy atom. The van der Waals surface area contributed by atoms with E-state index in [1.807, 2.05) is 0 Å². The van der Waals surface area contributed by atoms with Gasteiger partial charge in [-0.05, 0) is 0 Å². The zero-order chi connectivity index (χ0) is 10.1. The van der Waals surface area contributed by atoms with Gasteiger partial charge in [-0.1, -0.05) is 6.08 Å². The zero-order valence-corrected chi connectivity index (χ0v) is 8.22. The van der Waals surface area contributed by atoms with E-state index in [2.05, 4.69) is 11.9 Å². The maximum absolute atomic E-state index is 10.9. The Morgan fingerprint density at radius 2 is 2.38 bits per heavy atom. The average molecular weight is 205 g/mol. The van der Waals surface area contributed by atoms with Crippen LogP contribution in [0.1, 0.15) is 0 Å². The standard InChI is InChI=1S/C8H15NO3S/c1-2-3-9-8(12)6-13-5-7(11)4-10/h2,7,10-11H,1,3-6H2,(H,9,12). The van der Waals surface area contributed by atoms with Gasteiger partial charge in [0.05, 0.1) is 18.5 Å². The van der Waals surface area contributed by atoms with Crippen LogP contribution in [0.2, 0.25) is 0 Å². The van der Waals surface area contributed by atoms with Gasteiger partial charge in [-0.15, -0.1) is 18.3 Å². The van der Waals surface area contributed by atoms with Gasteiger partial charge in [-0.25, -0.2) is 0 Å². The highest BCUT2D eigenvalue weighted by molar-refractivity contribution is 7.99. The number of thioether (sulfide) groups is 1. The maximum Gasteiger partial charge on any atom is 0.230 e. The maximum atomic E-state index is 10.9. The van der Waals surface area contributed by atoms with Crippen LogP contribution in [0.25, 0.3) is 0 Å². The van der Waals surface area contributed by atoms with E-state index in [4.69, 9.17) is 10.2 Å². The van der Waals surface area contributed by atoms with Crippen molar-refractivity contribution in [2.75, 3.05) is 24.7 Å². The Balaban J connectivity index is 3.31. The molecule has 0 aliphatic carbocycles. The predicted molar refractivity (Wildman–Crippen MR) is 53.6 cm³/mol. The van der Waals surface area contributed by atoms with Gasteiger partial charge in [0.25, 0.3) is 0 Å². The SMILES string of the molecule is C=CCNC(=O)CSCC(O)CO. The molecule has 3 N–H and O–H groups in total. The van der Waals surface area contributed by atoms with Gasteiger partial charge in [-0.3, -0.25) is 4.79 Å². The molecule has 5 heteroatoms. The predicted octanol–water partition coefficient (Wildman–Crippen LogP) is -0.625. The Labute approximate surface area is 82.0 Å². The largest absolute Gasteiger partial charge is 0.394 e. The molecule has 0 aliphatic heterocycles. The Kier molecular flexibility index (Phi) is 7.77. The molecule has 0 spiro atoms. The zero-order valence-electron chi connectivity index (χ0n) is 7.40. The monoisotopic (exact) mass is 205 g/mol. The molecule has 0 bridgehead atoms. The van der Waals surface area contributed by atoms with Gasteiger partial charge in [0.15, 0.2) is 0 Å². The van der Waals surface area contributed by atoms with Crippen LogP contribution in [-0.4, -0.2) is 46.9 Å². The molecule has 76 valence electrons. The molecule has 0 aliphatic rings. The lowest BCUT2D eigenvalue weighted by Gasteiger charge is -2.05. The van der Waals surface area contributed by atoms with Crippen molar-refractivity contribution >= 4 is 17.7 Å². The molecular formula is C8H15NO3S. The molecule has 1 amide bonds. The summed E-state index contributed by atoms with van der Waals surface area (Å²) in [4.78, 5) is 10.9. The number of amides is 1. The highest BCUT2D eigenvalue weighted by Crippen LogP contribution is 2.01. The van der Waals surface area contributed by atoms with Crippen LogP contribution in [-0.2, 0) is 4.79 Å². The average Bonchev–Trinajstić information content (AvgIpc) is 2.14. The second-order valence-corrected chi connectivity index (χ2v) is 3.47. The summed E-state index contributed by atoms with van der Waals surface area (Å²) >= 11 is 1.29. The van der Waals surface area contributed by atoms with E-state index >= 15 is 0 Å². The number of aliphatic hydroxyl groups is 2. The van der Waals surface area contributed by atoms with E-state index in [0.717, 1.165) is 0 Å². The fourth-order valence-electron chi connectivity index (χ4n) is 0.577. The lowest BCUT2D eigenvalue weighted by Crippen LogP contribution is -2.26. The van der Waals surface area contributed by atoms with Crippen LogP contribution in [0.15, 0.2) is 12.7 Å². The van der Waals surface area contributed by atoms with Crippen LogP contribution in [0, 0.1) is 0 Å². The fraction of sp³-hybridized carbons (Fsp3) is 0.625. The van der Waals surface area contributed by atoms with Crippen molar-refractivity contribution in [3.63, 3.8) is 0 Å². The Bertz CT molecular complexity index is 163. The lowest BCUT2D eigenvalue weighted by molar-refractivity contribution is -0.118. The molecule has 1 unspecified atom stereocenters. The lowest BCUT2D eigenvalue weighted by atomic mass is 10.4. The second kappa shape index (κ2) is 8.10. The van der Waals surface area contributed by atoms with Crippen molar-refractivity contribution in [2.24, 2.45) is 0 Å². The first kappa shape index (κ1) is 12.5. The van der Waals surface area contributed by atoms with Crippen molar-refractivity contribution < 1.29 is 15.0 Å². The van der Waals surface area contributed by atoms with Crippen LogP contribution >= 0.6 is 11.8 Å². The first-order valence-electron chi connectivity index (χ1n) is 3.95. The number of aliphatic hydroxyl groups excluding tert-OH is 2. The van der Waals surface area contributed by atoms with Crippen molar-refractivity contribution in [3.8, 4) is 0 Å². The second-order valence-electron chi connectivity index (χ2n) is 2.44. The summed E-state index contributed by atoms with van der Waals surface area (Å²) in [5.74, 6) is 0.582. The molecule has 0 saturated heterocycles. The van der Waals surface area contributed by atoms with Gasteiger partial charge in [0.2, 0.25) is 5.91 Å². The van der Waals surface area contributed by atoms with Gasteiger partial charge < -0.3 is 15.5 Å². The summed E-state index contributed by atoms with van der Waals surface area (Å²) in [5, 5.41) is 20.0. The third-order valence-electron chi connectivity index (χ3n) is 1.20. The van der Waals surface area contributed by atoms with E-state index in [-0.39, 0.29) is 12.5 Å². The molecule has 13 heavy (non-hydrogen) atoms. The van der Waals surface area contributed by atoms with Crippen molar-refractivity contribution in [3.05, 3.63) is 12.7 Å². The highest BCUT2D eigenvalue weighted by Gasteiger charge is 2.04. The molecule has 0 saturated carbocycles. The van der Waals surface area contributed by atoms with E-state index in [0.29, 0.717) is 18.1 Å². The first-order chi connectivity index (χ1) is 6.20.